The zero-order valence-corrected chi connectivity index (χ0v) is 16.2. The van der Waals surface area contributed by atoms with E-state index >= 15 is 0 Å². The van der Waals surface area contributed by atoms with Crippen LogP contribution in [0.1, 0.15) is 15.7 Å². The van der Waals surface area contributed by atoms with E-state index in [1.807, 2.05) is 52.7 Å². The fourth-order valence-electron chi connectivity index (χ4n) is 2.87. The average molecular weight is 402 g/mol. The Labute approximate surface area is 165 Å². The molecule has 9 heteroatoms. The van der Waals surface area contributed by atoms with Gasteiger partial charge in [-0.25, -0.2) is 4.68 Å². The second-order valence-corrected chi connectivity index (χ2v) is 8.15. The molecule has 1 saturated heterocycles. The van der Waals surface area contributed by atoms with Crippen molar-refractivity contribution >= 4 is 29.0 Å². The molecular weight excluding hydrogens is 382 g/mol. The summed E-state index contributed by atoms with van der Waals surface area (Å²) in [5.74, 6) is 0.0696. The lowest BCUT2D eigenvalue weighted by Crippen LogP contribution is -2.42. The summed E-state index contributed by atoms with van der Waals surface area (Å²) in [4.78, 5) is 16.3. The molecule has 0 unspecified atom stereocenters. The molecule has 3 heterocycles. The maximum absolute atomic E-state index is 13.2. The van der Waals surface area contributed by atoms with E-state index < -0.39 is 5.25 Å². The Balaban J connectivity index is 1.58. The molecule has 0 aliphatic carbocycles. The number of rotatable bonds is 6. The molecule has 27 heavy (non-hydrogen) atoms. The van der Waals surface area contributed by atoms with Gasteiger partial charge in [0, 0.05) is 18.0 Å². The van der Waals surface area contributed by atoms with E-state index in [9.17, 15) is 4.79 Å². The first-order valence-corrected chi connectivity index (χ1v) is 10.4. The minimum atomic E-state index is -0.391. The molecule has 0 bridgehead atoms. The average Bonchev–Trinajstić information content (AvgIpc) is 3.39. The minimum Gasteiger partial charge on any atom is -0.378 e. The zero-order chi connectivity index (χ0) is 18.5. The molecule has 1 atom stereocenters. The SMILES string of the molecule is O=C([C@@H](Sc1nnnn1Cc1cccs1)c1ccccc1)N1CCOCC1. The van der Waals surface area contributed by atoms with Crippen molar-refractivity contribution < 1.29 is 9.53 Å². The van der Waals surface area contributed by atoms with E-state index in [-0.39, 0.29) is 5.91 Å². The predicted molar refractivity (Wildman–Crippen MR) is 104 cm³/mol. The summed E-state index contributed by atoms with van der Waals surface area (Å²) >= 11 is 3.06. The number of morpholine rings is 1. The molecule has 0 saturated carbocycles. The number of nitrogens with zero attached hydrogens (tertiary/aromatic N) is 5. The fourth-order valence-corrected chi connectivity index (χ4v) is 4.62. The molecule has 4 rings (SSSR count). The van der Waals surface area contributed by atoms with E-state index in [1.165, 1.54) is 16.6 Å². The van der Waals surface area contributed by atoms with Gasteiger partial charge in [0.15, 0.2) is 0 Å². The van der Waals surface area contributed by atoms with Crippen molar-refractivity contribution in [1.82, 2.24) is 25.1 Å². The Morgan fingerprint density at radius 2 is 2.00 bits per heavy atom. The summed E-state index contributed by atoms with van der Waals surface area (Å²) in [6, 6.07) is 13.9. The maximum Gasteiger partial charge on any atom is 0.240 e. The van der Waals surface area contributed by atoms with Gasteiger partial charge in [0.25, 0.3) is 0 Å². The van der Waals surface area contributed by atoms with Crippen LogP contribution >= 0.6 is 23.1 Å². The molecule has 1 fully saturated rings. The van der Waals surface area contributed by atoms with E-state index in [4.69, 9.17) is 4.74 Å². The molecule has 1 aromatic carbocycles. The number of thioether (sulfide) groups is 1. The normalized spacial score (nSPS) is 15.6. The van der Waals surface area contributed by atoms with Gasteiger partial charge >= 0.3 is 0 Å². The third-order valence-corrected chi connectivity index (χ3v) is 6.33. The summed E-state index contributed by atoms with van der Waals surface area (Å²) in [6.07, 6.45) is 0. The lowest BCUT2D eigenvalue weighted by atomic mass is 10.1. The van der Waals surface area contributed by atoms with Crippen LogP contribution in [0.25, 0.3) is 0 Å². The van der Waals surface area contributed by atoms with Crippen molar-refractivity contribution in [2.75, 3.05) is 26.3 Å². The van der Waals surface area contributed by atoms with Crippen LogP contribution in [0.2, 0.25) is 0 Å². The van der Waals surface area contributed by atoms with Crippen molar-refractivity contribution in [2.24, 2.45) is 0 Å². The van der Waals surface area contributed by atoms with Crippen molar-refractivity contribution in [2.45, 2.75) is 17.0 Å². The zero-order valence-electron chi connectivity index (χ0n) is 14.6. The van der Waals surface area contributed by atoms with Crippen LogP contribution in [0.4, 0.5) is 0 Å². The van der Waals surface area contributed by atoms with Crippen molar-refractivity contribution in [1.29, 1.82) is 0 Å². The lowest BCUT2D eigenvalue weighted by Gasteiger charge is -2.30. The van der Waals surface area contributed by atoms with Gasteiger partial charge in [0.1, 0.15) is 5.25 Å². The number of benzene rings is 1. The first-order chi connectivity index (χ1) is 13.3. The summed E-state index contributed by atoms with van der Waals surface area (Å²) in [7, 11) is 0. The van der Waals surface area contributed by atoms with Crippen molar-refractivity contribution in [3.8, 4) is 0 Å². The third-order valence-electron chi connectivity index (χ3n) is 4.26. The highest BCUT2D eigenvalue weighted by molar-refractivity contribution is 8.00. The molecular formula is C18H19N5O2S2. The number of hydrogen-bond donors (Lipinski definition) is 0. The lowest BCUT2D eigenvalue weighted by molar-refractivity contribution is -0.134. The van der Waals surface area contributed by atoms with Gasteiger partial charge < -0.3 is 9.64 Å². The number of ether oxygens (including phenoxy) is 1. The molecule has 140 valence electrons. The summed E-state index contributed by atoms with van der Waals surface area (Å²) < 4.78 is 7.13. The highest BCUT2D eigenvalue weighted by Gasteiger charge is 2.30. The van der Waals surface area contributed by atoms with E-state index in [1.54, 1.807) is 16.0 Å². The van der Waals surface area contributed by atoms with Gasteiger partial charge in [-0.15, -0.1) is 16.4 Å². The van der Waals surface area contributed by atoms with Crippen LogP contribution in [0.15, 0.2) is 53.0 Å². The topological polar surface area (TPSA) is 73.1 Å². The van der Waals surface area contributed by atoms with Gasteiger partial charge in [0.05, 0.1) is 19.8 Å². The number of thiophene rings is 1. The number of hydrogen-bond acceptors (Lipinski definition) is 7. The smallest absolute Gasteiger partial charge is 0.240 e. The Kier molecular flexibility index (Phi) is 5.81. The fraction of sp³-hybridized carbons (Fsp3) is 0.333. The molecule has 0 spiro atoms. The van der Waals surface area contributed by atoms with Gasteiger partial charge in [0.2, 0.25) is 11.1 Å². The second-order valence-electron chi connectivity index (χ2n) is 6.04. The molecule has 1 aliphatic heterocycles. The van der Waals surface area contributed by atoms with Crippen LogP contribution in [-0.2, 0) is 16.1 Å². The minimum absolute atomic E-state index is 0.0696. The van der Waals surface area contributed by atoms with Crippen LogP contribution in [-0.4, -0.2) is 57.3 Å². The number of amides is 1. The molecule has 0 N–H and O–H groups in total. The monoisotopic (exact) mass is 401 g/mol. The van der Waals surface area contributed by atoms with E-state index in [2.05, 4.69) is 15.5 Å². The van der Waals surface area contributed by atoms with Gasteiger partial charge in [-0.3, -0.25) is 4.79 Å². The Morgan fingerprint density at radius 1 is 1.19 bits per heavy atom. The largest absolute Gasteiger partial charge is 0.378 e. The van der Waals surface area contributed by atoms with Gasteiger partial charge in [-0.2, -0.15) is 0 Å². The van der Waals surface area contributed by atoms with Gasteiger partial charge in [-0.05, 0) is 27.4 Å². The number of carbonyl (C=O) groups excluding carboxylic acids is 1. The highest BCUT2D eigenvalue weighted by Crippen LogP contribution is 2.36. The number of carbonyl (C=O) groups is 1. The standard InChI is InChI=1S/C18H19N5O2S2/c24-17(22-8-10-25-11-9-22)16(14-5-2-1-3-6-14)27-18-19-20-21-23(18)13-15-7-4-12-26-15/h1-7,12,16H,8-11,13H2/t16-/m0/s1. The van der Waals surface area contributed by atoms with Crippen molar-refractivity contribution in [3.05, 3.63) is 58.3 Å². The molecule has 0 radical (unpaired) electrons. The van der Waals surface area contributed by atoms with E-state index in [0.29, 0.717) is 38.0 Å². The maximum atomic E-state index is 13.2. The molecule has 3 aromatic rings. The Hall–Kier alpha value is -2.23. The van der Waals surface area contributed by atoms with Gasteiger partial charge in [-0.1, -0.05) is 48.2 Å². The molecule has 7 nitrogen and oxygen atoms in total. The molecule has 1 aliphatic rings. The van der Waals surface area contributed by atoms with Crippen LogP contribution < -0.4 is 0 Å². The Bertz CT molecular complexity index is 863. The number of aromatic nitrogens is 4. The number of tetrazole rings is 1. The van der Waals surface area contributed by atoms with Crippen LogP contribution in [0.5, 0.6) is 0 Å². The summed E-state index contributed by atoms with van der Waals surface area (Å²) in [5.41, 5.74) is 0.949. The van der Waals surface area contributed by atoms with E-state index in [0.717, 1.165) is 5.56 Å². The quantitative estimate of drug-likeness (QED) is 0.591. The predicted octanol–water partition coefficient (Wildman–Crippen LogP) is 2.48. The highest BCUT2D eigenvalue weighted by atomic mass is 32.2. The second kappa shape index (κ2) is 8.64. The van der Waals surface area contributed by atoms with Crippen LogP contribution in [0, 0.1) is 0 Å². The van der Waals surface area contributed by atoms with Crippen LogP contribution in [0.3, 0.4) is 0 Å². The van der Waals surface area contributed by atoms with Crippen molar-refractivity contribution in [3.63, 3.8) is 0 Å². The molecule has 2 aromatic heterocycles. The summed E-state index contributed by atoms with van der Waals surface area (Å²) in [5, 5.41) is 14.4. The first kappa shape index (κ1) is 18.1. The molecule has 1 amide bonds. The summed E-state index contributed by atoms with van der Waals surface area (Å²) in [6.45, 7) is 2.98. The third kappa shape index (κ3) is 4.37. The first-order valence-electron chi connectivity index (χ1n) is 8.68. The Morgan fingerprint density at radius 3 is 2.74 bits per heavy atom.